The molecule has 1 aliphatic rings. The summed E-state index contributed by atoms with van der Waals surface area (Å²) in [7, 11) is 0. The molecule has 1 unspecified atom stereocenters. The highest BCUT2D eigenvalue weighted by molar-refractivity contribution is 9.11. The molecule has 0 radical (unpaired) electrons. The van der Waals surface area contributed by atoms with Gasteiger partial charge >= 0.3 is 0 Å². The Morgan fingerprint density at radius 2 is 2.11 bits per heavy atom. The molecule has 1 N–H and O–H groups in total. The number of nitrogens with one attached hydrogen (secondary N) is 1. The number of nitrogens with zero attached hydrogens (tertiary/aromatic N) is 1. The predicted molar refractivity (Wildman–Crippen MR) is 84.9 cm³/mol. The summed E-state index contributed by atoms with van der Waals surface area (Å²) >= 11 is 5.32. The van der Waals surface area contributed by atoms with E-state index in [1.807, 2.05) is 0 Å². The number of hydrogen-bond acceptors (Lipinski definition) is 4. The van der Waals surface area contributed by atoms with E-state index in [0.717, 1.165) is 32.8 Å². The highest BCUT2D eigenvalue weighted by Gasteiger charge is 2.28. The lowest BCUT2D eigenvalue weighted by Gasteiger charge is -2.41. The van der Waals surface area contributed by atoms with Gasteiger partial charge in [-0.25, -0.2) is 0 Å². The molecule has 0 aliphatic carbocycles. The average molecular weight is 347 g/mol. The normalized spacial score (nSPS) is 19.6. The number of rotatable bonds is 5. The van der Waals surface area contributed by atoms with Gasteiger partial charge in [0.25, 0.3) is 0 Å². The van der Waals surface area contributed by atoms with Crippen molar-refractivity contribution in [2.75, 3.05) is 32.8 Å². The average Bonchev–Trinajstić information content (AvgIpc) is 2.84. The zero-order valence-electron chi connectivity index (χ0n) is 11.9. The lowest BCUT2D eigenvalue weighted by Crippen LogP contribution is -2.54. The van der Waals surface area contributed by atoms with E-state index >= 15 is 0 Å². The maximum absolute atomic E-state index is 5.43. The molecule has 2 heterocycles. The maximum Gasteiger partial charge on any atom is 0.0701 e. The summed E-state index contributed by atoms with van der Waals surface area (Å²) in [6.45, 7) is 11.6. The van der Waals surface area contributed by atoms with Gasteiger partial charge in [0.15, 0.2) is 0 Å². The van der Waals surface area contributed by atoms with E-state index < -0.39 is 0 Å². The molecule has 1 saturated heterocycles. The van der Waals surface area contributed by atoms with Gasteiger partial charge in [-0.1, -0.05) is 0 Å². The van der Waals surface area contributed by atoms with Gasteiger partial charge in [0.05, 0.1) is 17.0 Å². The van der Waals surface area contributed by atoms with Crippen molar-refractivity contribution in [1.82, 2.24) is 10.2 Å². The van der Waals surface area contributed by atoms with E-state index in [0.29, 0.717) is 6.04 Å². The van der Waals surface area contributed by atoms with Crippen LogP contribution < -0.4 is 5.32 Å². The van der Waals surface area contributed by atoms with Crippen LogP contribution in [0.5, 0.6) is 0 Å². The predicted octanol–water partition coefficient (Wildman–Crippen LogP) is 3.27. The van der Waals surface area contributed by atoms with Gasteiger partial charge in [0.1, 0.15) is 0 Å². The smallest absolute Gasteiger partial charge is 0.0701 e. The second-order valence-corrected chi connectivity index (χ2v) is 8.15. The van der Waals surface area contributed by atoms with E-state index in [1.54, 1.807) is 11.3 Å². The topological polar surface area (TPSA) is 24.5 Å². The summed E-state index contributed by atoms with van der Waals surface area (Å²) in [5.74, 6) is 0. The summed E-state index contributed by atoms with van der Waals surface area (Å²) in [6, 6.07) is 4.70. The largest absolute Gasteiger partial charge is 0.379 e. The van der Waals surface area contributed by atoms with Gasteiger partial charge in [-0.2, -0.15) is 0 Å². The standard InChI is InChI=1S/C14H23BrN2OS/c1-11(12-4-5-13(15)19-12)16-10-14(2,3)17-6-8-18-9-7-17/h4-5,11,16H,6-10H2,1-3H3. The summed E-state index contributed by atoms with van der Waals surface area (Å²) in [5, 5.41) is 3.66. The molecule has 0 bridgehead atoms. The number of hydrogen-bond donors (Lipinski definition) is 1. The van der Waals surface area contributed by atoms with Crippen LogP contribution in [0.2, 0.25) is 0 Å². The summed E-state index contributed by atoms with van der Waals surface area (Å²) < 4.78 is 6.62. The SMILES string of the molecule is CC(NCC(C)(C)N1CCOCC1)c1ccc(Br)s1. The van der Waals surface area contributed by atoms with Crippen molar-refractivity contribution in [2.45, 2.75) is 32.4 Å². The Hall–Kier alpha value is 0.0600. The van der Waals surface area contributed by atoms with Crippen molar-refractivity contribution < 1.29 is 4.74 Å². The van der Waals surface area contributed by atoms with Crippen molar-refractivity contribution in [2.24, 2.45) is 0 Å². The van der Waals surface area contributed by atoms with Crippen LogP contribution in [0.1, 0.15) is 31.7 Å². The fraction of sp³-hybridized carbons (Fsp3) is 0.714. The first-order chi connectivity index (χ1) is 8.99. The zero-order chi connectivity index (χ0) is 13.9. The molecular formula is C14H23BrN2OS. The molecule has 19 heavy (non-hydrogen) atoms. The third kappa shape index (κ3) is 4.26. The quantitative estimate of drug-likeness (QED) is 0.885. The van der Waals surface area contributed by atoms with Crippen LogP contribution >= 0.6 is 27.3 Å². The minimum absolute atomic E-state index is 0.173. The first-order valence-corrected chi connectivity index (χ1v) is 8.41. The van der Waals surface area contributed by atoms with Crippen molar-refractivity contribution in [3.8, 4) is 0 Å². The van der Waals surface area contributed by atoms with Crippen molar-refractivity contribution >= 4 is 27.3 Å². The first-order valence-electron chi connectivity index (χ1n) is 6.80. The van der Waals surface area contributed by atoms with Crippen LogP contribution in [0.25, 0.3) is 0 Å². The van der Waals surface area contributed by atoms with Crippen LogP contribution in [0.15, 0.2) is 15.9 Å². The zero-order valence-corrected chi connectivity index (χ0v) is 14.3. The monoisotopic (exact) mass is 346 g/mol. The molecule has 1 aliphatic heterocycles. The summed E-state index contributed by atoms with van der Waals surface area (Å²) in [5.41, 5.74) is 0.173. The molecule has 1 aromatic heterocycles. The molecule has 0 spiro atoms. The van der Waals surface area contributed by atoms with E-state index in [4.69, 9.17) is 4.74 Å². The summed E-state index contributed by atoms with van der Waals surface area (Å²) in [4.78, 5) is 3.89. The van der Waals surface area contributed by atoms with E-state index in [-0.39, 0.29) is 5.54 Å². The third-order valence-electron chi connectivity index (χ3n) is 3.73. The molecule has 108 valence electrons. The Kier molecular flexibility index (Phi) is 5.43. The molecular weight excluding hydrogens is 324 g/mol. The second kappa shape index (κ2) is 6.68. The Morgan fingerprint density at radius 1 is 1.42 bits per heavy atom. The lowest BCUT2D eigenvalue weighted by molar-refractivity contribution is -0.0102. The van der Waals surface area contributed by atoms with Gasteiger partial charge in [0, 0.05) is 36.1 Å². The number of morpholine rings is 1. The van der Waals surface area contributed by atoms with Crippen molar-refractivity contribution in [1.29, 1.82) is 0 Å². The Morgan fingerprint density at radius 3 is 2.68 bits per heavy atom. The fourth-order valence-corrected chi connectivity index (χ4v) is 3.80. The molecule has 0 saturated carbocycles. The van der Waals surface area contributed by atoms with Gasteiger partial charge < -0.3 is 10.1 Å². The molecule has 2 rings (SSSR count). The van der Waals surface area contributed by atoms with E-state index in [9.17, 15) is 0 Å². The summed E-state index contributed by atoms with van der Waals surface area (Å²) in [6.07, 6.45) is 0. The molecule has 0 aromatic carbocycles. The van der Waals surface area contributed by atoms with Gasteiger partial charge in [-0.3, -0.25) is 4.90 Å². The molecule has 3 nitrogen and oxygen atoms in total. The minimum Gasteiger partial charge on any atom is -0.379 e. The number of thiophene rings is 1. The van der Waals surface area contributed by atoms with Crippen LogP contribution in [-0.4, -0.2) is 43.3 Å². The lowest BCUT2D eigenvalue weighted by atomic mass is 10.0. The van der Waals surface area contributed by atoms with Crippen molar-refractivity contribution in [3.05, 3.63) is 20.8 Å². The first kappa shape index (κ1) is 15.4. The third-order valence-corrected chi connectivity index (χ3v) is 5.54. The van der Waals surface area contributed by atoms with Gasteiger partial charge in [-0.15, -0.1) is 11.3 Å². The van der Waals surface area contributed by atoms with E-state index in [2.05, 4.69) is 59.1 Å². The number of halogens is 1. The highest BCUT2D eigenvalue weighted by Crippen LogP contribution is 2.27. The van der Waals surface area contributed by atoms with Crippen LogP contribution in [0.3, 0.4) is 0 Å². The number of ether oxygens (including phenoxy) is 1. The highest BCUT2D eigenvalue weighted by atomic mass is 79.9. The molecule has 5 heteroatoms. The van der Waals surface area contributed by atoms with Gasteiger partial charge in [0.2, 0.25) is 0 Å². The second-order valence-electron chi connectivity index (χ2n) is 5.66. The van der Waals surface area contributed by atoms with Crippen LogP contribution in [0, 0.1) is 0 Å². The Labute approximate surface area is 128 Å². The Balaban J connectivity index is 1.86. The molecule has 1 atom stereocenters. The van der Waals surface area contributed by atoms with E-state index in [1.165, 1.54) is 8.66 Å². The van der Waals surface area contributed by atoms with Crippen molar-refractivity contribution in [3.63, 3.8) is 0 Å². The maximum atomic E-state index is 5.43. The fourth-order valence-electron chi connectivity index (χ4n) is 2.34. The Bertz CT molecular complexity index is 402. The molecule has 1 aromatic rings. The van der Waals surface area contributed by atoms with Crippen LogP contribution in [-0.2, 0) is 4.74 Å². The minimum atomic E-state index is 0.173. The molecule has 1 fully saturated rings. The van der Waals surface area contributed by atoms with Gasteiger partial charge in [-0.05, 0) is 48.8 Å². The molecule has 0 amide bonds. The van der Waals surface area contributed by atoms with Crippen LogP contribution in [0.4, 0.5) is 0 Å².